The Balaban J connectivity index is 2.19. The topological polar surface area (TPSA) is 86.0 Å². The first kappa shape index (κ1) is 20.3. The summed E-state index contributed by atoms with van der Waals surface area (Å²) in [5.74, 6) is -0.590. The SMILES string of the molecule is CC[C@@H](C)NC(=O)c1nn(-c2cccc(C)c2)c(=O)n(Cc2ccccc2)c1=O. The first-order valence-corrected chi connectivity index (χ1v) is 9.56. The second-order valence-corrected chi connectivity index (χ2v) is 7.04. The molecule has 0 unspecified atom stereocenters. The van der Waals surface area contributed by atoms with Gasteiger partial charge in [0.15, 0.2) is 0 Å². The highest BCUT2D eigenvalue weighted by atomic mass is 16.2. The van der Waals surface area contributed by atoms with E-state index in [1.165, 1.54) is 0 Å². The summed E-state index contributed by atoms with van der Waals surface area (Å²) in [5, 5.41) is 6.89. The van der Waals surface area contributed by atoms with Crippen molar-refractivity contribution in [1.82, 2.24) is 19.7 Å². The smallest absolute Gasteiger partial charge is 0.348 e. The van der Waals surface area contributed by atoms with Crippen LogP contribution in [0.25, 0.3) is 5.69 Å². The lowest BCUT2D eigenvalue weighted by Gasteiger charge is -2.14. The Morgan fingerprint density at radius 2 is 1.83 bits per heavy atom. The number of aromatic nitrogens is 3. The Morgan fingerprint density at radius 1 is 1.10 bits per heavy atom. The van der Waals surface area contributed by atoms with Crippen LogP contribution in [0, 0.1) is 6.92 Å². The lowest BCUT2D eigenvalue weighted by atomic mass is 10.2. The molecule has 0 saturated carbocycles. The highest BCUT2D eigenvalue weighted by Gasteiger charge is 2.21. The van der Waals surface area contributed by atoms with Crippen molar-refractivity contribution in [3.8, 4) is 5.69 Å². The zero-order chi connectivity index (χ0) is 21.0. The van der Waals surface area contributed by atoms with Crippen LogP contribution in [0.4, 0.5) is 0 Å². The van der Waals surface area contributed by atoms with E-state index in [0.717, 1.165) is 20.4 Å². The number of aryl methyl sites for hydroxylation is 1. The Kier molecular flexibility index (Phi) is 6.07. The highest BCUT2D eigenvalue weighted by Crippen LogP contribution is 2.07. The van der Waals surface area contributed by atoms with E-state index in [9.17, 15) is 14.4 Å². The average molecular weight is 392 g/mol. The molecule has 7 heteroatoms. The van der Waals surface area contributed by atoms with Crippen molar-refractivity contribution >= 4 is 5.91 Å². The quantitative estimate of drug-likeness (QED) is 0.697. The van der Waals surface area contributed by atoms with Crippen molar-refractivity contribution in [3.05, 3.63) is 92.3 Å². The Morgan fingerprint density at radius 3 is 2.48 bits per heavy atom. The summed E-state index contributed by atoms with van der Waals surface area (Å²) in [5.41, 5.74) is 0.606. The second-order valence-electron chi connectivity index (χ2n) is 7.04. The molecule has 0 spiro atoms. The molecule has 0 aliphatic rings. The summed E-state index contributed by atoms with van der Waals surface area (Å²) in [6.07, 6.45) is 0.710. The average Bonchev–Trinajstić information content (AvgIpc) is 2.71. The molecule has 1 N–H and O–H groups in total. The van der Waals surface area contributed by atoms with Gasteiger partial charge in [0.25, 0.3) is 11.5 Å². The van der Waals surface area contributed by atoms with Crippen molar-refractivity contribution in [2.24, 2.45) is 0 Å². The molecule has 0 aliphatic carbocycles. The van der Waals surface area contributed by atoms with Crippen LogP contribution in [0.15, 0.2) is 64.2 Å². The first-order chi connectivity index (χ1) is 13.9. The van der Waals surface area contributed by atoms with Crippen LogP contribution < -0.4 is 16.6 Å². The van der Waals surface area contributed by atoms with Crippen LogP contribution in [0.2, 0.25) is 0 Å². The number of hydrogen-bond donors (Lipinski definition) is 1. The van der Waals surface area contributed by atoms with Crippen molar-refractivity contribution < 1.29 is 4.79 Å². The fourth-order valence-corrected chi connectivity index (χ4v) is 2.88. The molecule has 0 fully saturated rings. The molecule has 3 rings (SSSR count). The van der Waals surface area contributed by atoms with E-state index in [4.69, 9.17) is 0 Å². The van der Waals surface area contributed by atoms with E-state index in [-0.39, 0.29) is 18.3 Å². The van der Waals surface area contributed by atoms with Crippen LogP contribution >= 0.6 is 0 Å². The predicted molar refractivity (Wildman–Crippen MR) is 112 cm³/mol. The summed E-state index contributed by atoms with van der Waals surface area (Å²) in [7, 11) is 0. The third-order valence-electron chi connectivity index (χ3n) is 4.69. The number of benzene rings is 2. The van der Waals surface area contributed by atoms with E-state index in [0.29, 0.717) is 12.1 Å². The lowest BCUT2D eigenvalue weighted by molar-refractivity contribution is 0.0929. The number of nitrogens with one attached hydrogen (secondary N) is 1. The van der Waals surface area contributed by atoms with Gasteiger partial charge < -0.3 is 5.32 Å². The molecular formula is C22H24N4O3. The zero-order valence-electron chi connectivity index (χ0n) is 16.8. The van der Waals surface area contributed by atoms with E-state index < -0.39 is 17.2 Å². The highest BCUT2D eigenvalue weighted by molar-refractivity contribution is 5.91. The van der Waals surface area contributed by atoms with Gasteiger partial charge in [-0.25, -0.2) is 4.79 Å². The van der Waals surface area contributed by atoms with Gasteiger partial charge in [-0.05, 0) is 43.5 Å². The molecule has 0 saturated heterocycles. The summed E-state index contributed by atoms with van der Waals surface area (Å²) < 4.78 is 2.17. The molecule has 1 aromatic heterocycles. The maximum Gasteiger partial charge on any atom is 0.352 e. The molecule has 0 aliphatic heterocycles. The van der Waals surface area contributed by atoms with Gasteiger partial charge in [-0.3, -0.25) is 14.2 Å². The summed E-state index contributed by atoms with van der Waals surface area (Å²) in [4.78, 5) is 38.8. The third kappa shape index (κ3) is 4.51. The van der Waals surface area contributed by atoms with Gasteiger partial charge in [-0.15, -0.1) is 0 Å². The molecule has 1 heterocycles. The Labute approximate surface area is 168 Å². The van der Waals surface area contributed by atoms with Crippen LogP contribution in [-0.2, 0) is 6.54 Å². The van der Waals surface area contributed by atoms with Gasteiger partial charge in [-0.2, -0.15) is 9.78 Å². The fourth-order valence-electron chi connectivity index (χ4n) is 2.88. The monoisotopic (exact) mass is 392 g/mol. The standard InChI is InChI=1S/C22H24N4O3/c1-4-16(3)23-20(27)19-21(28)25(14-17-10-6-5-7-11-17)22(29)26(24-19)18-12-8-9-15(2)13-18/h5-13,16H,4,14H2,1-3H3,(H,23,27)/t16-/m1/s1. The zero-order valence-corrected chi connectivity index (χ0v) is 16.8. The number of hydrogen-bond acceptors (Lipinski definition) is 4. The normalized spacial score (nSPS) is 11.8. The predicted octanol–water partition coefficient (Wildman–Crippen LogP) is 2.28. The molecule has 0 radical (unpaired) electrons. The maximum absolute atomic E-state index is 13.1. The fraction of sp³-hybridized carbons (Fsp3) is 0.273. The van der Waals surface area contributed by atoms with Crippen LogP contribution in [0.3, 0.4) is 0 Å². The molecule has 7 nitrogen and oxygen atoms in total. The summed E-state index contributed by atoms with van der Waals surface area (Å²) >= 11 is 0. The van der Waals surface area contributed by atoms with Gasteiger partial charge in [-0.1, -0.05) is 49.4 Å². The minimum atomic E-state index is -0.705. The van der Waals surface area contributed by atoms with Gasteiger partial charge in [0.2, 0.25) is 5.69 Å². The molecule has 150 valence electrons. The third-order valence-corrected chi connectivity index (χ3v) is 4.69. The maximum atomic E-state index is 13.1. The molecule has 0 bridgehead atoms. The van der Waals surface area contributed by atoms with Gasteiger partial charge >= 0.3 is 5.69 Å². The second kappa shape index (κ2) is 8.68. The molecule has 1 atom stereocenters. The van der Waals surface area contributed by atoms with Crippen molar-refractivity contribution in [1.29, 1.82) is 0 Å². The van der Waals surface area contributed by atoms with Crippen molar-refractivity contribution in [3.63, 3.8) is 0 Å². The summed E-state index contributed by atoms with van der Waals surface area (Å²) in [6, 6.07) is 16.2. The van der Waals surface area contributed by atoms with Crippen LogP contribution in [0.5, 0.6) is 0 Å². The summed E-state index contributed by atoms with van der Waals surface area (Å²) in [6.45, 7) is 5.72. The first-order valence-electron chi connectivity index (χ1n) is 9.56. The van der Waals surface area contributed by atoms with Crippen molar-refractivity contribution in [2.75, 3.05) is 0 Å². The van der Waals surface area contributed by atoms with Gasteiger partial charge in [0.1, 0.15) is 0 Å². The lowest BCUT2D eigenvalue weighted by Crippen LogP contribution is -2.47. The minimum Gasteiger partial charge on any atom is -0.348 e. The number of carbonyl (C=O) groups is 1. The van der Waals surface area contributed by atoms with Gasteiger partial charge in [0, 0.05) is 6.04 Å². The van der Waals surface area contributed by atoms with E-state index in [2.05, 4.69) is 10.4 Å². The van der Waals surface area contributed by atoms with E-state index >= 15 is 0 Å². The minimum absolute atomic E-state index is 0.0520. The van der Waals surface area contributed by atoms with Crippen LogP contribution in [-0.4, -0.2) is 26.3 Å². The number of carbonyl (C=O) groups excluding carboxylic acids is 1. The molecular weight excluding hydrogens is 368 g/mol. The van der Waals surface area contributed by atoms with E-state index in [1.807, 2.05) is 57.2 Å². The Bertz CT molecular complexity index is 1130. The number of rotatable bonds is 6. The molecule has 1 amide bonds. The van der Waals surface area contributed by atoms with Crippen molar-refractivity contribution in [2.45, 2.75) is 39.8 Å². The van der Waals surface area contributed by atoms with Gasteiger partial charge in [0.05, 0.1) is 12.2 Å². The molecule has 2 aromatic carbocycles. The molecule has 29 heavy (non-hydrogen) atoms. The Hall–Kier alpha value is -3.48. The van der Waals surface area contributed by atoms with E-state index in [1.54, 1.807) is 18.2 Å². The van der Waals surface area contributed by atoms with Crippen LogP contribution in [0.1, 0.15) is 41.9 Å². The number of nitrogens with zero attached hydrogens (tertiary/aromatic N) is 3. The molecule has 3 aromatic rings. The largest absolute Gasteiger partial charge is 0.352 e. The number of amides is 1.